The lowest BCUT2D eigenvalue weighted by atomic mass is 10.1. The molecule has 1 aromatic heterocycles. The number of ether oxygens (including phenoxy) is 3. The van der Waals surface area contributed by atoms with Crippen LogP contribution in [0.4, 0.5) is 0 Å². The summed E-state index contributed by atoms with van der Waals surface area (Å²) in [6.45, 7) is 3.26. The van der Waals surface area contributed by atoms with Crippen molar-refractivity contribution < 1.29 is 19.0 Å². The molecule has 4 bridgehead atoms. The van der Waals surface area contributed by atoms with Crippen LogP contribution in [0.3, 0.4) is 0 Å². The second kappa shape index (κ2) is 11.5. The van der Waals surface area contributed by atoms with Crippen molar-refractivity contribution in [2.24, 2.45) is 0 Å². The van der Waals surface area contributed by atoms with Gasteiger partial charge in [-0.25, -0.2) is 0 Å². The van der Waals surface area contributed by atoms with Crippen LogP contribution in [0.15, 0.2) is 60.9 Å². The number of pyridine rings is 1. The van der Waals surface area contributed by atoms with Gasteiger partial charge >= 0.3 is 0 Å². The van der Waals surface area contributed by atoms with Crippen LogP contribution in [0.2, 0.25) is 5.02 Å². The topological polar surface area (TPSA) is 76.2 Å². The summed E-state index contributed by atoms with van der Waals surface area (Å²) < 4.78 is 18.1. The van der Waals surface area contributed by atoms with E-state index >= 15 is 0 Å². The Morgan fingerprint density at radius 2 is 2.03 bits per heavy atom. The van der Waals surface area contributed by atoms with Crippen molar-refractivity contribution in [2.75, 3.05) is 33.8 Å². The van der Waals surface area contributed by atoms with Crippen molar-refractivity contribution >= 4 is 17.5 Å². The molecule has 1 N–H and O–H groups in total. The average molecular weight is 523 g/mol. The minimum absolute atomic E-state index is 0.0380. The molecule has 3 aromatic rings. The number of nitrogens with one attached hydrogen (secondary N) is 1. The molecular weight excluding hydrogens is 492 g/mol. The first-order valence-electron chi connectivity index (χ1n) is 12.3. The molecule has 2 aliphatic heterocycles. The molecule has 0 radical (unpaired) electrons. The number of fused-ring (bicyclic) bond motifs is 5. The van der Waals surface area contributed by atoms with Crippen LogP contribution in [0.25, 0.3) is 0 Å². The zero-order valence-electron chi connectivity index (χ0n) is 21.0. The van der Waals surface area contributed by atoms with Crippen molar-refractivity contribution in [1.29, 1.82) is 0 Å². The molecule has 9 heteroatoms. The van der Waals surface area contributed by atoms with E-state index in [0.717, 1.165) is 16.7 Å². The summed E-state index contributed by atoms with van der Waals surface area (Å²) in [5.74, 6) is 1.95. The van der Waals surface area contributed by atoms with Gasteiger partial charge in [0.15, 0.2) is 11.5 Å². The van der Waals surface area contributed by atoms with Crippen molar-refractivity contribution in [3.63, 3.8) is 0 Å². The van der Waals surface area contributed by atoms with Gasteiger partial charge in [0.1, 0.15) is 5.75 Å². The maximum atomic E-state index is 13.0. The molecule has 194 valence electrons. The minimum Gasteiger partial charge on any atom is -0.493 e. The van der Waals surface area contributed by atoms with E-state index in [2.05, 4.69) is 15.2 Å². The zero-order valence-corrected chi connectivity index (χ0v) is 21.8. The normalized spacial score (nSPS) is 21.1. The molecule has 2 atom stereocenters. The molecular formula is C28H31ClN4O4. The highest BCUT2D eigenvalue weighted by Crippen LogP contribution is 2.33. The van der Waals surface area contributed by atoms with Crippen molar-refractivity contribution in [3.8, 4) is 17.2 Å². The highest BCUT2D eigenvalue weighted by Gasteiger charge is 2.35. The summed E-state index contributed by atoms with van der Waals surface area (Å²) >= 11 is 6.35. The largest absolute Gasteiger partial charge is 0.493 e. The van der Waals surface area contributed by atoms with Crippen molar-refractivity contribution in [1.82, 2.24) is 20.1 Å². The van der Waals surface area contributed by atoms with Gasteiger partial charge in [0, 0.05) is 38.6 Å². The van der Waals surface area contributed by atoms with Gasteiger partial charge in [0.2, 0.25) is 5.91 Å². The van der Waals surface area contributed by atoms with Crippen LogP contribution < -0.4 is 14.8 Å². The highest BCUT2D eigenvalue weighted by atomic mass is 35.5. The molecule has 3 heterocycles. The first-order valence-corrected chi connectivity index (χ1v) is 12.7. The molecule has 0 aliphatic carbocycles. The van der Waals surface area contributed by atoms with Gasteiger partial charge in [-0.15, -0.1) is 0 Å². The fourth-order valence-corrected chi connectivity index (χ4v) is 5.03. The summed E-state index contributed by atoms with van der Waals surface area (Å²) in [4.78, 5) is 21.3. The number of likely N-dealkylation sites (N-methyl/N-ethyl adjacent to an activating group) is 1. The van der Waals surface area contributed by atoms with E-state index in [4.69, 9.17) is 25.8 Å². The molecule has 0 saturated carbocycles. The van der Waals surface area contributed by atoms with E-state index in [9.17, 15) is 4.79 Å². The van der Waals surface area contributed by atoms with E-state index in [1.807, 2.05) is 60.5 Å². The lowest BCUT2D eigenvalue weighted by Crippen LogP contribution is -2.47. The van der Waals surface area contributed by atoms with Gasteiger partial charge in [-0.1, -0.05) is 29.8 Å². The van der Waals surface area contributed by atoms with E-state index in [1.54, 1.807) is 19.5 Å². The molecule has 2 aliphatic rings. The Labute approximate surface area is 222 Å². The first-order chi connectivity index (χ1) is 18.0. The number of amides is 1. The average Bonchev–Trinajstić information content (AvgIpc) is 3.24. The standard InChI is InChI=1S/C28H31ClN4O4/c1-32-13-19-6-7-25(35-2)26(11-19)37-22-5-3-4-20(10-22)18-36-27-16-33(15-24(27)31-28(34)17-32)14-21-8-9-30-12-23(21)29/h3-12,24,27H,13-18H2,1-2H3,(H,31,34)/t24-,27-/m0/s1. The third-order valence-electron chi connectivity index (χ3n) is 6.62. The van der Waals surface area contributed by atoms with Crippen LogP contribution >= 0.6 is 11.6 Å². The van der Waals surface area contributed by atoms with Crippen LogP contribution in [-0.2, 0) is 29.2 Å². The maximum absolute atomic E-state index is 13.0. The maximum Gasteiger partial charge on any atom is 0.234 e. The number of aromatic nitrogens is 1. The Balaban J connectivity index is 1.39. The number of carbonyl (C=O) groups is 1. The van der Waals surface area contributed by atoms with Gasteiger partial charge in [0.05, 0.1) is 37.4 Å². The highest BCUT2D eigenvalue weighted by molar-refractivity contribution is 6.31. The number of benzene rings is 2. The van der Waals surface area contributed by atoms with E-state index in [0.29, 0.717) is 55.1 Å². The number of hydrogen-bond acceptors (Lipinski definition) is 7. The van der Waals surface area contributed by atoms with Gasteiger partial charge in [0.25, 0.3) is 0 Å². The van der Waals surface area contributed by atoms with Gasteiger partial charge in [-0.2, -0.15) is 0 Å². The second-order valence-electron chi connectivity index (χ2n) is 9.59. The Morgan fingerprint density at radius 3 is 2.86 bits per heavy atom. The summed E-state index contributed by atoms with van der Waals surface area (Å²) in [6.07, 6.45) is 3.23. The molecule has 1 fully saturated rings. The molecule has 0 spiro atoms. The molecule has 2 aromatic carbocycles. The van der Waals surface area contributed by atoms with Crippen LogP contribution in [0, 0.1) is 0 Å². The van der Waals surface area contributed by atoms with Crippen molar-refractivity contribution in [2.45, 2.75) is 31.8 Å². The predicted octanol–water partition coefficient (Wildman–Crippen LogP) is 3.87. The predicted molar refractivity (Wildman–Crippen MR) is 141 cm³/mol. The van der Waals surface area contributed by atoms with Crippen LogP contribution in [0.5, 0.6) is 17.2 Å². The number of hydrogen-bond donors (Lipinski definition) is 1. The summed E-state index contributed by atoms with van der Waals surface area (Å²) in [7, 11) is 3.55. The monoisotopic (exact) mass is 522 g/mol. The first kappa shape index (κ1) is 25.5. The number of rotatable bonds is 3. The Morgan fingerprint density at radius 1 is 1.14 bits per heavy atom. The third-order valence-corrected chi connectivity index (χ3v) is 6.96. The molecule has 0 unspecified atom stereocenters. The van der Waals surface area contributed by atoms with E-state index in [-0.39, 0.29) is 24.6 Å². The molecule has 37 heavy (non-hydrogen) atoms. The van der Waals surface area contributed by atoms with E-state index in [1.165, 1.54) is 0 Å². The summed E-state index contributed by atoms with van der Waals surface area (Å²) in [5.41, 5.74) is 3.01. The Kier molecular flexibility index (Phi) is 7.90. The van der Waals surface area contributed by atoms with Crippen LogP contribution in [0.1, 0.15) is 16.7 Å². The lowest BCUT2D eigenvalue weighted by Gasteiger charge is -2.23. The molecule has 8 nitrogen and oxygen atoms in total. The van der Waals surface area contributed by atoms with Crippen molar-refractivity contribution in [3.05, 3.63) is 82.6 Å². The van der Waals surface area contributed by atoms with Crippen LogP contribution in [-0.4, -0.2) is 66.6 Å². The molecule has 1 amide bonds. The SMILES string of the molecule is COc1ccc2cc1Oc1cccc(c1)CO[C@H]1CN(Cc3ccncc3Cl)C[C@@H]1NC(=O)CN(C)C2. The number of carbonyl (C=O) groups excluding carboxylic acids is 1. The summed E-state index contributed by atoms with van der Waals surface area (Å²) in [5, 5.41) is 3.85. The number of halogens is 1. The number of methoxy groups -OCH3 is 1. The Bertz CT molecular complexity index is 1260. The molecule has 1 saturated heterocycles. The smallest absolute Gasteiger partial charge is 0.234 e. The fraction of sp³-hybridized carbons (Fsp3) is 0.357. The third kappa shape index (κ3) is 6.40. The minimum atomic E-state index is -0.167. The van der Waals surface area contributed by atoms with Gasteiger partial charge in [-0.05, 0) is 54.1 Å². The fourth-order valence-electron chi connectivity index (χ4n) is 4.86. The van der Waals surface area contributed by atoms with E-state index < -0.39 is 0 Å². The molecule has 5 rings (SSSR count). The zero-order chi connectivity index (χ0) is 25.8. The second-order valence-corrected chi connectivity index (χ2v) is 10.00. The van der Waals surface area contributed by atoms with Gasteiger partial charge < -0.3 is 19.5 Å². The summed E-state index contributed by atoms with van der Waals surface area (Å²) in [6, 6.07) is 15.5. The number of likely N-dealkylation sites (tertiary alicyclic amines) is 1. The number of nitrogens with zero attached hydrogens (tertiary/aromatic N) is 3. The van der Waals surface area contributed by atoms with Gasteiger partial charge in [-0.3, -0.25) is 19.6 Å². The lowest BCUT2D eigenvalue weighted by molar-refractivity contribution is -0.123. The quantitative estimate of drug-likeness (QED) is 0.559. The Hall–Kier alpha value is -3.17.